The molecule has 9 nitrogen and oxygen atoms in total. The average molecular weight is 388 g/mol. The van der Waals surface area contributed by atoms with Gasteiger partial charge in [0.2, 0.25) is 0 Å². The monoisotopic (exact) mass is 388 g/mol. The molecule has 1 amide bonds. The Morgan fingerprint density at radius 3 is 2.35 bits per heavy atom. The van der Waals surface area contributed by atoms with Crippen LogP contribution in [0.1, 0.15) is 10.4 Å². The van der Waals surface area contributed by atoms with Crippen LogP contribution in [-0.4, -0.2) is 72.0 Å². The molecule has 0 radical (unpaired) electrons. The molecule has 1 heterocycles. The quantitative estimate of drug-likeness (QED) is 0.597. The summed E-state index contributed by atoms with van der Waals surface area (Å²) in [5.74, 6) is -0.382. The molecule has 0 bridgehead atoms. The number of methoxy groups -OCH3 is 2. The number of benzene rings is 1. The number of amides is 1. The van der Waals surface area contributed by atoms with E-state index in [9.17, 15) is 13.2 Å². The maximum Gasteiger partial charge on any atom is 0.264 e. The average Bonchev–Trinajstić information content (AvgIpc) is 2.61. The van der Waals surface area contributed by atoms with Gasteiger partial charge in [0.15, 0.2) is 6.29 Å². The lowest BCUT2D eigenvalue weighted by molar-refractivity contribution is -0.251. The van der Waals surface area contributed by atoms with Crippen molar-refractivity contribution in [2.24, 2.45) is 5.73 Å². The Kier molecular flexibility index (Phi) is 7.09. The fraction of sp³-hybridized carbons (Fsp3) is 0.562. The van der Waals surface area contributed by atoms with Crippen LogP contribution in [0.4, 0.5) is 0 Å². The van der Waals surface area contributed by atoms with E-state index in [1.165, 1.54) is 14.2 Å². The molecule has 0 unspecified atom stereocenters. The lowest BCUT2D eigenvalue weighted by Crippen LogP contribution is -2.66. The molecule has 0 spiro atoms. The molecular weight excluding hydrogens is 364 g/mol. The van der Waals surface area contributed by atoms with Crippen LogP contribution < -0.4 is 11.1 Å². The third kappa shape index (κ3) is 5.00. The van der Waals surface area contributed by atoms with E-state index >= 15 is 0 Å². The maximum atomic E-state index is 12.5. The van der Waals surface area contributed by atoms with Gasteiger partial charge in [0, 0.05) is 26.3 Å². The van der Waals surface area contributed by atoms with Crippen LogP contribution in [0.5, 0.6) is 0 Å². The highest BCUT2D eigenvalue weighted by atomic mass is 32.2. The summed E-state index contributed by atoms with van der Waals surface area (Å²) >= 11 is 0. The molecule has 0 aliphatic carbocycles. The number of nitrogens with two attached hydrogens (primary N) is 1. The van der Waals surface area contributed by atoms with Crippen LogP contribution in [0, 0.1) is 0 Å². The third-order valence-corrected chi connectivity index (χ3v) is 4.57. The van der Waals surface area contributed by atoms with E-state index in [0.29, 0.717) is 5.56 Å². The van der Waals surface area contributed by atoms with Gasteiger partial charge in [-0.1, -0.05) is 18.2 Å². The van der Waals surface area contributed by atoms with Crippen LogP contribution in [0.25, 0.3) is 0 Å². The Balaban J connectivity index is 2.29. The predicted molar refractivity (Wildman–Crippen MR) is 92.9 cm³/mol. The van der Waals surface area contributed by atoms with E-state index in [1.807, 2.05) is 0 Å². The van der Waals surface area contributed by atoms with Gasteiger partial charge in [0.05, 0.1) is 6.26 Å². The lowest BCUT2D eigenvalue weighted by Gasteiger charge is -2.44. The molecule has 1 aliphatic heterocycles. The van der Waals surface area contributed by atoms with E-state index in [1.54, 1.807) is 30.3 Å². The second-order valence-electron chi connectivity index (χ2n) is 5.84. The second-order valence-corrected chi connectivity index (χ2v) is 7.45. The van der Waals surface area contributed by atoms with Gasteiger partial charge < -0.3 is 25.3 Å². The number of hydrogen-bond donors (Lipinski definition) is 2. The fourth-order valence-electron chi connectivity index (χ4n) is 2.87. The van der Waals surface area contributed by atoms with Crippen LogP contribution in [0.3, 0.4) is 0 Å². The second kappa shape index (κ2) is 8.89. The molecule has 10 heteroatoms. The minimum absolute atomic E-state index is 0.0146. The first kappa shape index (κ1) is 20.7. The smallest absolute Gasteiger partial charge is 0.264 e. The largest absolute Gasteiger partial charge is 0.376 e. The van der Waals surface area contributed by atoms with E-state index in [-0.39, 0.29) is 12.5 Å². The van der Waals surface area contributed by atoms with Crippen molar-refractivity contribution in [2.45, 2.75) is 30.6 Å². The van der Waals surface area contributed by atoms with Crippen molar-refractivity contribution in [2.75, 3.05) is 27.0 Å². The van der Waals surface area contributed by atoms with Crippen molar-refractivity contribution in [1.29, 1.82) is 0 Å². The SMILES string of the molecule is CO[C@H]1O[C@H](CN)[C@@H](OS(C)(=O)=O)[C@H](OC)[C@H]1NC(=O)c1ccccc1. The minimum Gasteiger partial charge on any atom is -0.376 e. The molecule has 1 saturated heterocycles. The molecule has 1 aromatic rings. The third-order valence-electron chi connectivity index (χ3n) is 4.00. The summed E-state index contributed by atoms with van der Waals surface area (Å²) in [5.41, 5.74) is 6.12. The van der Waals surface area contributed by atoms with Crippen LogP contribution in [0.15, 0.2) is 30.3 Å². The summed E-state index contributed by atoms with van der Waals surface area (Å²) in [5, 5.41) is 2.77. The van der Waals surface area contributed by atoms with Crippen LogP contribution in [0.2, 0.25) is 0 Å². The van der Waals surface area contributed by atoms with Crippen molar-refractivity contribution in [1.82, 2.24) is 5.32 Å². The number of carbonyl (C=O) groups excluding carboxylic acids is 1. The van der Waals surface area contributed by atoms with Gasteiger partial charge in [-0.05, 0) is 12.1 Å². The van der Waals surface area contributed by atoms with Crippen LogP contribution in [-0.2, 0) is 28.5 Å². The number of carbonyl (C=O) groups is 1. The molecule has 3 N–H and O–H groups in total. The Morgan fingerprint density at radius 1 is 1.19 bits per heavy atom. The van der Waals surface area contributed by atoms with Gasteiger partial charge in [0.25, 0.3) is 16.0 Å². The summed E-state index contributed by atoms with van der Waals surface area (Å²) < 4.78 is 44.8. The van der Waals surface area contributed by atoms with Gasteiger partial charge in [-0.25, -0.2) is 0 Å². The summed E-state index contributed by atoms with van der Waals surface area (Å²) in [7, 11) is -1.01. The number of hydrogen-bond acceptors (Lipinski definition) is 8. The van der Waals surface area contributed by atoms with E-state index in [0.717, 1.165) is 6.26 Å². The molecule has 1 aliphatic rings. The molecule has 2 rings (SSSR count). The zero-order valence-electron chi connectivity index (χ0n) is 14.8. The zero-order chi connectivity index (χ0) is 19.3. The van der Waals surface area contributed by atoms with Gasteiger partial charge >= 0.3 is 0 Å². The summed E-state index contributed by atoms with van der Waals surface area (Å²) in [6.45, 7) is -0.0146. The lowest BCUT2D eigenvalue weighted by atomic mass is 9.96. The molecule has 146 valence electrons. The van der Waals surface area contributed by atoms with E-state index < -0.39 is 40.8 Å². The van der Waals surface area contributed by atoms with Crippen molar-refractivity contribution in [3.63, 3.8) is 0 Å². The van der Waals surface area contributed by atoms with Gasteiger partial charge in [0.1, 0.15) is 24.4 Å². The Hall–Kier alpha value is -1.56. The molecule has 1 fully saturated rings. The Bertz CT molecular complexity index is 698. The first-order valence-electron chi connectivity index (χ1n) is 7.96. The normalized spacial score (nSPS) is 29.3. The summed E-state index contributed by atoms with van der Waals surface area (Å²) in [4.78, 5) is 12.5. The summed E-state index contributed by atoms with van der Waals surface area (Å²) in [6.07, 6.45) is -2.64. The summed E-state index contributed by atoms with van der Waals surface area (Å²) in [6, 6.07) is 7.73. The molecule has 0 aromatic heterocycles. The fourth-order valence-corrected chi connectivity index (χ4v) is 3.51. The van der Waals surface area contributed by atoms with Crippen LogP contribution >= 0.6 is 0 Å². The van der Waals surface area contributed by atoms with Crippen molar-refractivity contribution in [3.8, 4) is 0 Å². The minimum atomic E-state index is -3.81. The Morgan fingerprint density at radius 2 is 1.85 bits per heavy atom. The van der Waals surface area contributed by atoms with Crippen molar-refractivity contribution >= 4 is 16.0 Å². The molecule has 5 atom stereocenters. The topological polar surface area (TPSA) is 126 Å². The number of nitrogens with one attached hydrogen (secondary N) is 1. The van der Waals surface area contributed by atoms with E-state index in [2.05, 4.69) is 5.32 Å². The first-order chi connectivity index (χ1) is 12.3. The molecule has 1 aromatic carbocycles. The number of rotatable bonds is 7. The van der Waals surface area contributed by atoms with Gasteiger partial charge in [-0.2, -0.15) is 8.42 Å². The van der Waals surface area contributed by atoms with Crippen molar-refractivity contribution in [3.05, 3.63) is 35.9 Å². The standard InChI is InChI=1S/C16H24N2O7S/c1-22-14-12(18-15(19)10-7-5-4-6-8-10)16(23-2)24-11(9-17)13(14)25-26(3,20)21/h4-8,11-14,16H,9,17H2,1-3H3,(H,18,19)/t11-,12-,13-,14-,16+/m1/s1. The highest BCUT2D eigenvalue weighted by Gasteiger charge is 2.49. The molecule has 26 heavy (non-hydrogen) atoms. The number of ether oxygens (including phenoxy) is 3. The Labute approximate surface area is 152 Å². The van der Waals surface area contributed by atoms with E-state index in [4.69, 9.17) is 24.1 Å². The predicted octanol–water partition coefficient (Wildman–Crippen LogP) is -0.525. The highest BCUT2D eigenvalue weighted by molar-refractivity contribution is 7.86. The van der Waals surface area contributed by atoms with Gasteiger partial charge in [-0.15, -0.1) is 0 Å². The zero-order valence-corrected chi connectivity index (χ0v) is 15.6. The highest BCUT2D eigenvalue weighted by Crippen LogP contribution is 2.27. The van der Waals surface area contributed by atoms with Crippen molar-refractivity contribution < 1.29 is 31.6 Å². The maximum absolute atomic E-state index is 12.5. The molecular formula is C16H24N2O7S. The molecule has 0 saturated carbocycles. The van der Waals surface area contributed by atoms with Gasteiger partial charge in [-0.3, -0.25) is 8.98 Å². The first-order valence-corrected chi connectivity index (χ1v) is 9.77.